The molecule has 1 amide bonds. The SMILES string of the molecule is CC(=O)Oc1ccc(CN(C(=O)C=O)c2ccc(Br)cc2)cc1. The summed E-state index contributed by atoms with van der Waals surface area (Å²) in [5.41, 5.74) is 1.42. The highest BCUT2D eigenvalue weighted by Crippen LogP contribution is 2.21. The first kappa shape index (κ1) is 16.9. The Bertz CT molecular complexity index is 710. The second-order valence-electron chi connectivity index (χ2n) is 4.76. The molecular weight excluding hydrogens is 362 g/mol. The maximum absolute atomic E-state index is 11.9. The third kappa shape index (κ3) is 4.75. The molecule has 0 aliphatic carbocycles. The summed E-state index contributed by atoms with van der Waals surface area (Å²) >= 11 is 3.33. The molecule has 0 aromatic heterocycles. The lowest BCUT2D eigenvalue weighted by molar-refractivity contribution is -0.131. The van der Waals surface area contributed by atoms with Gasteiger partial charge in [0.2, 0.25) is 6.29 Å². The van der Waals surface area contributed by atoms with E-state index in [9.17, 15) is 14.4 Å². The van der Waals surface area contributed by atoms with Crippen LogP contribution in [0.4, 0.5) is 5.69 Å². The van der Waals surface area contributed by atoms with Crippen LogP contribution < -0.4 is 9.64 Å². The molecule has 23 heavy (non-hydrogen) atoms. The van der Waals surface area contributed by atoms with Gasteiger partial charge in [-0.3, -0.25) is 14.4 Å². The number of nitrogens with zero attached hydrogens (tertiary/aromatic N) is 1. The minimum absolute atomic E-state index is 0.236. The van der Waals surface area contributed by atoms with Crippen molar-refractivity contribution in [3.63, 3.8) is 0 Å². The zero-order chi connectivity index (χ0) is 16.8. The maximum atomic E-state index is 11.9. The van der Waals surface area contributed by atoms with Crippen molar-refractivity contribution in [3.8, 4) is 5.75 Å². The van der Waals surface area contributed by atoms with Crippen molar-refractivity contribution in [3.05, 3.63) is 58.6 Å². The predicted octanol–water partition coefficient (Wildman–Crippen LogP) is 3.11. The first-order chi connectivity index (χ1) is 11.0. The van der Waals surface area contributed by atoms with Gasteiger partial charge in [0.25, 0.3) is 5.91 Å². The second kappa shape index (κ2) is 7.69. The van der Waals surface area contributed by atoms with Gasteiger partial charge in [0.05, 0.1) is 6.54 Å². The molecule has 2 aromatic carbocycles. The van der Waals surface area contributed by atoms with Crippen LogP contribution in [0.5, 0.6) is 5.75 Å². The van der Waals surface area contributed by atoms with Gasteiger partial charge in [-0.25, -0.2) is 0 Å². The van der Waals surface area contributed by atoms with E-state index in [1.54, 1.807) is 48.5 Å². The first-order valence-electron chi connectivity index (χ1n) is 6.79. The van der Waals surface area contributed by atoms with Crippen molar-refractivity contribution < 1.29 is 19.1 Å². The number of rotatable bonds is 5. The Kier molecular flexibility index (Phi) is 5.65. The van der Waals surface area contributed by atoms with E-state index in [4.69, 9.17) is 4.74 Å². The fraction of sp³-hybridized carbons (Fsp3) is 0.118. The van der Waals surface area contributed by atoms with Crippen LogP contribution in [0.3, 0.4) is 0 Å². The molecule has 0 saturated heterocycles. The van der Waals surface area contributed by atoms with E-state index in [1.807, 2.05) is 0 Å². The Balaban J connectivity index is 2.21. The molecule has 2 aromatic rings. The summed E-state index contributed by atoms with van der Waals surface area (Å²) in [5, 5.41) is 0. The van der Waals surface area contributed by atoms with E-state index >= 15 is 0 Å². The zero-order valence-electron chi connectivity index (χ0n) is 12.4. The number of hydrogen-bond acceptors (Lipinski definition) is 4. The quantitative estimate of drug-likeness (QED) is 0.348. The Morgan fingerprint density at radius 1 is 1.09 bits per heavy atom. The smallest absolute Gasteiger partial charge is 0.308 e. The molecule has 118 valence electrons. The van der Waals surface area contributed by atoms with Crippen LogP contribution in [0.2, 0.25) is 0 Å². The van der Waals surface area contributed by atoms with Gasteiger partial charge in [-0.15, -0.1) is 0 Å². The highest BCUT2D eigenvalue weighted by molar-refractivity contribution is 9.10. The number of ether oxygens (including phenoxy) is 1. The van der Waals surface area contributed by atoms with Crippen molar-refractivity contribution in [2.45, 2.75) is 13.5 Å². The number of amides is 1. The van der Waals surface area contributed by atoms with Crippen LogP contribution in [0, 0.1) is 0 Å². The average Bonchev–Trinajstić information content (AvgIpc) is 2.54. The lowest BCUT2D eigenvalue weighted by atomic mass is 10.2. The van der Waals surface area contributed by atoms with Gasteiger partial charge < -0.3 is 9.64 Å². The fourth-order valence-electron chi connectivity index (χ4n) is 1.99. The summed E-state index contributed by atoms with van der Waals surface area (Å²) in [7, 11) is 0. The average molecular weight is 376 g/mol. The number of esters is 1. The zero-order valence-corrected chi connectivity index (χ0v) is 13.9. The summed E-state index contributed by atoms with van der Waals surface area (Å²) in [6.45, 7) is 1.56. The molecule has 0 aliphatic heterocycles. The number of carbonyl (C=O) groups excluding carboxylic acids is 3. The van der Waals surface area contributed by atoms with Crippen LogP contribution in [-0.4, -0.2) is 18.2 Å². The van der Waals surface area contributed by atoms with Crippen LogP contribution in [0.1, 0.15) is 12.5 Å². The summed E-state index contributed by atoms with van der Waals surface area (Å²) in [4.78, 5) is 35.1. The Labute approximate surface area is 142 Å². The van der Waals surface area contributed by atoms with Crippen molar-refractivity contribution in [2.75, 3.05) is 4.90 Å². The molecule has 6 heteroatoms. The third-order valence-corrected chi connectivity index (χ3v) is 3.56. The monoisotopic (exact) mass is 375 g/mol. The molecule has 0 aliphatic rings. The van der Waals surface area contributed by atoms with E-state index in [0.717, 1.165) is 10.0 Å². The van der Waals surface area contributed by atoms with E-state index in [2.05, 4.69) is 15.9 Å². The highest BCUT2D eigenvalue weighted by Gasteiger charge is 2.15. The predicted molar refractivity (Wildman–Crippen MR) is 89.1 cm³/mol. The molecule has 0 unspecified atom stereocenters. The van der Waals surface area contributed by atoms with Crippen LogP contribution in [0.15, 0.2) is 53.0 Å². The molecular formula is C17H14BrNO4. The van der Waals surface area contributed by atoms with E-state index < -0.39 is 11.9 Å². The van der Waals surface area contributed by atoms with Gasteiger partial charge in [-0.05, 0) is 42.0 Å². The van der Waals surface area contributed by atoms with E-state index in [0.29, 0.717) is 11.4 Å². The lowest BCUT2D eigenvalue weighted by Crippen LogP contribution is -2.31. The number of halogens is 1. The van der Waals surface area contributed by atoms with Crippen LogP contribution in [0.25, 0.3) is 0 Å². The van der Waals surface area contributed by atoms with Crippen LogP contribution >= 0.6 is 15.9 Å². The number of carbonyl (C=O) groups is 3. The minimum atomic E-state index is -0.628. The van der Waals surface area contributed by atoms with Gasteiger partial charge >= 0.3 is 5.97 Å². The molecule has 0 saturated carbocycles. The molecule has 0 spiro atoms. The number of benzene rings is 2. The summed E-state index contributed by atoms with van der Waals surface area (Å²) < 4.78 is 5.84. The van der Waals surface area contributed by atoms with Crippen molar-refractivity contribution in [2.24, 2.45) is 0 Å². The second-order valence-corrected chi connectivity index (χ2v) is 5.67. The van der Waals surface area contributed by atoms with Crippen molar-refractivity contribution in [1.82, 2.24) is 0 Å². The molecule has 0 fully saturated rings. The standard InChI is InChI=1S/C17H14BrNO4/c1-12(21)23-16-8-2-13(3-9-16)10-19(17(22)11-20)15-6-4-14(18)5-7-15/h2-9,11H,10H2,1H3. The van der Waals surface area contributed by atoms with Gasteiger partial charge in [0, 0.05) is 17.1 Å². The maximum Gasteiger partial charge on any atom is 0.308 e. The van der Waals surface area contributed by atoms with Crippen LogP contribution in [-0.2, 0) is 20.9 Å². The Hall–Kier alpha value is -2.47. The summed E-state index contributed by atoms with van der Waals surface area (Å²) in [6.07, 6.45) is 0.287. The fourth-order valence-corrected chi connectivity index (χ4v) is 2.26. The number of anilines is 1. The van der Waals surface area contributed by atoms with Crippen molar-refractivity contribution in [1.29, 1.82) is 0 Å². The van der Waals surface area contributed by atoms with Gasteiger partial charge in [-0.1, -0.05) is 28.1 Å². The summed E-state index contributed by atoms with van der Waals surface area (Å²) in [6, 6.07) is 13.8. The Morgan fingerprint density at radius 3 is 2.22 bits per heavy atom. The number of aldehydes is 1. The Morgan fingerprint density at radius 2 is 1.70 bits per heavy atom. The molecule has 0 radical (unpaired) electrons. The van der Waals surface area contributed by atoms with Gasteiger partial charge in [0.1, 0.15) is 5.75 Å². The van der Waals surface area contributed by atoms with Gasteiger partial charge in [0.15, 0.2) is 0 Å². The molecule has 0 atom stereocenters. The van der Waals surface area contributed by atoms with Crippen molar-refractivity contribution >= 4 is 39.8 Å². The summed E-state index contributed by atoms with van der Waals surface area (Å²) in [5.74, 6) is -0.597. The normalized spacial score (nSPS) is 10.0. The largest absolute Gasteiger partial charge is 0.427 e. The molecule has 0 N–H and O–H groups in total. The number of hydrogen-bond donors (Lipinski definition) is 0. The lowest BCUT2D eigenvalue weighted by Gasteiger charge is -2.20. The first-order valence-corrected chi connectivity index (χ1v) is 7.58. The van der Waals surface area contributed by atoms with Gasteiger partial charge in [-0.2, -0.15) is 0 Å². The molecule has 2 rings (SSSR count). The molecule has 0 bridgehead atoms. The third-order valence-electron chi connectivity index (χ3n) is 3.03. The highest BCUT2D eigenvalue weighted by atomic mass is 79.9. The topological polar surface area (TPSA) is 63.7 Å². The van der Waals surface area contributed by atoms with E-state index in [1.165, 1.54) is 11.8 Å². The molecule has 5 nitrogen and oxygen atoms in total. The van der Waals surface area contributed by atoms with E-state index in [-0.39, 0.29) is 12.8 Å². The molecule has 0 heterocycles. The minimum Gasteiger partial charge on any atom is -0.427 e.